The van der Waals surface area contributed by atoms with E-state index in [9.17, 15) is 4.79 Å². The maximum Gasteiger partial charge on any atom is 0.327 e. The molecule has 0 aliphatic carbocycles. The van der Waals surface area contributed by atoms with Crippen LogP contribution in [-0.4, -0.2) is 47.1 Å². The molecule has 2 heterocycles. The fourth-order valence-electron chi connectivity index (χ4n) is 2.56. The second-order valence-corrected chi connectivity index (χ2v) is 6.18. The van der Waals surface area contributed by atoms with Crippen LogP contribution in [0.1, 0.15) is 31.0 Å². The van der Waals surface area contributed by atoms with Crippen molar-refractivity contribution in [1.82, 2.24) is 14.2 Å². The minimum Gasteiger partial charge on any atom is -0.314 e. The van der Waals surface area contributed by atoms with Gasteiger partial charge in [-0.15, -0.1) is 6.58 Å². The lowest BCUT2D eigenvalue weighted by molar-refractivity contribution is 0.130. The Morgan fingerprint density at radius 2 is 2.19 bits per heavy atom. The second-order valence-electron chi connectivity index (χ2n) is 5.43. The van der Waals surface area contributed by atoms with Crippen LogP contribution in [0.15, 0.2) is 12.7 Å². The van der Waals surface area contributed by atoms with E-state index in [1.54, 1.807) is 4.90 Å². The lowest BCUT2D eigenvalue weighted by atomic mass is 10.2. The van der Waals surface area contributed by atoms with E-state index < -0.39 is 0 Å². The summed E-state index contributed by atoms with van der Waals surface area (Å²) in [5.74, 6) is 0. The van der Waals surface area contributed by atoms with Gasteiger partial charge in [0.25, 0.3) is 0 Å². The second kappa shape index (κ2) is 7.04. The highest BCUT2D eigenvalue weighted by Crippen LogP contribution is 2.30. The van der Waals surface area contributed by atoms with E-state index >= 15 is 0 Å². The Kier molecular flexibility index (Phi) is 5.36. The maximum absolute atomic E-state index is 12.4. The standard InChI is InChI=1S/C15H24N4OS/c1-5-7-8-9-18-10-17(4)15(20)19(11-18)14-12(3)13(6-2)16-21-14/h5H,1,6-11H2,2-4H3. The Balaban J connectivity index is 2.13. The van der Waals surface area contributed by atoms with E-state index in [0.29, 0.717) is 13.3 Å². The molecule has 2 rings (SSSR count). The Morgan fingerprint density at radius 1 is 1.43 bits per heavy atom. The highest BCUT2D eigenvalue weighted by Gasteiger charge is 2.31. The molecule has 0 N–H and O–H groups in total. The third kappa shape index (κ3) is 3.44. The van der Waals surface area contributed by atoms with Crippen LogP contribution in [0.3, 0.4) is 0 Å². The molecular weight excluding hydrogens is 284 g/mol. The topological polar surface area (TPSA) is 39.7 Å². The van der Waals surface area contributed by atoms with Crippen LogP contribution >= 0.6 is 11.5 Å². The van der Waals surface area contributed by atoms with Crippen LogP contribution in [-0.2, 0) is 6.42 Å². The molecule has 1 fully saturated rings. The van der Waals surface area contributed by atoms with Gasteiger partial charge in [0.1, 0.15) is 5.00 Å². The molecule has 0 unspecified atom stereocenters. The molecule has 21 heavy (non-hydrogen) atoms. The summed E-state index contributed by atoms with van der Waals surface area (Å²) in [5, 5.41) is 0.983. The van der Waals surface area contributed by atoms with E-state index in [1.807, 2.05) is 18.0 Å². The molecule has 0 bridgehead atoms. The van der Waals surface area contributed by atoms with Gasteiger partial charge in [-0.3, -0.25) is 9.80 Å². The van der Waals surface area contributed by atoms with Crippen LogP contribution in [0.2, 0.25) is 0 Å². The smallest absolute Gasteiger partial charge is 0.314 e. The molecule has 6 heteroatoms. The summed E-state index contributed by atoms with van der Waals surface area (Å²) in [5.41, 5.74) is 2.23. The first-order valence-corrected chi connectivity index (χ1v) is 8.16. The number of aromatic nitrogens is 1. The third-order valence-electron chi connectivity index (χ3n) is 3.77. The molecule has 1 aliphatic rings. The number of hydrogen-bond acceptors (Lipinski definition) is 4. The summed E-state index contributed by atoms with van der Waals surface area (Å²) >= 11 is 1.43. The molecule has 0 aromatic carbocycles. The Morgan fingerprint density at radius 3 is 2.81 bits per heavy atom. The molecule has 0 radical (unpaired) electrons. The summed E-state index contributed by atoms with van der Waals surface area (Å²) in [6.07, 6.45) is 4.93. The summed E-state index contributed by atoms with van der Waals surface area (Å²) < 4.78 is 4.47. The normalized spacial score (nSPS) is 16.6. The highest BCUT2D eigenvalue weighted by molar-refractivity contribution is 7.10. The van der Waals surface area contributed by atoms with Crippen molar-refractivity contribution < 1.29 is 4.79 Å². The van der Waals surface area contributed by atoms with Crippen molar-refractivity contribution in [2.75, 3.05) is 31.8 Å². The fraction of sp³-hybridized carbons (Fsp3) is 0.600. The number of carbonyl (C=O) groups is 1. The summed E-state index contributed by atoms with van der Waals surface area (Å²) in [7, 11) is 1.85. The lowest BCUT2D eigenvalue weighted by Crippen LogP contribution is -2.57. The number of hydrogen-bond donors (Lipinski definition) is 0. The van der Waals surface area contributed by atoms with Gasteiger partial charge >= 0.3 is 6.03 Å². The van der Waals surface area contributed by atoms with Crippen molar-refractivity contribution in [3.05, 3.63) is 23.9 Å². The minimum absolute atomic E-state index is 0.0596. The van der Waals surface area contributed by atoms with Gasteiger partial charge in [0.05, 0.1) is 19.0 Å². The quantitative estimate of drug-likeness (QED) is 0.599. The van der Waals surface area contributed by atoms with E-state index in [2.05, 4.69) is 29.7 Å². The summed E-state index contributed by atoms with van der Waals surface area (Å²) in [6, 6.07) is 0.0596. The van der Waals surface area contributed by atoms with Gasteiger partial charge in [-0.05, 0) is 37.7 Å². The molecule has 0 saturated carbocycles. The number of urea groups is 1. The summed E-state index contributed by atoms with van der Waals surface area (Å²) in [6.45, 7) is 10.2. The van der Waals surface area contributed by atoms with Crippen LogP contribution in [0.25, 0.3) is 0 Å². The van der Waals surface area contributed by atoms with E-state index in [4.69, 9.17) is 0 Å². The van der Waals surface area contributed by atoms with Crippen LogP contribution in [0.5, 0.6) is 0 Å². The Bertz CT molecular complexity index is 514. The van der Waals surface area contributed by atoms with Gasteiger partial charge in [0.15, 0.2) is 0 Å². The molecule has 1 aromatic rings. The van der Waals surface area contributed by atoms with Crippen molar-refractivity contribution in [2.24, 2.45) is 0 Å². The largest absolute Gasteiger partial charge is 0.327 e. The van der Waals surface area contributed by atoms with Crippen LogP contribution < -0.4 is 4.90 Å². The Hall–Kier alpha value is -1.40. The molecule has 116 valence electrons. The zero-order valence-corrected chi connectivity index (χ0v) is 13.9. The molecular formula is C15H24N4OS. The molecule has 1 saturated heterocycles. The highest BCUT2D eigenvalue weighted by atomic mass is 32.1. The van der Waals surface area contributed by atoms with E-state index in [1.165, 1.54) is 11.5 Å². The van der Waals surface area contributed by atoms with Crippen molar-refractivity contribution in [2.45, 2.75) is 33.1 Å². The Labute approximate surface area is 131 Å². The van der Waals surface area contributed by atoms with Crippen molar-refractivity contribution in [1.29, 1.82) is 0 Å². The van der Waals surface area contributed by atoms with Gasteiger partial charge in [0.2, 0.25) is 0 Å². The van der Waals surface area contributed by atoms with E-state index in [0.717, 1.165) is 42.1 Å². The average molecular weight is 308 g/mol. The number of carbonyl (C=O) groups excluding carboxylic acids is 1. The van der Waals surface area contributed by atoms with Gasteiger partial charge in [-0.2, -0.15) is 4.37 Å². The van der Waals surface area contributed by atoms with Gasteiger partial charge in [-0.1, -0.05) is 13.0 Å². The summed E-state index contributed by atoms with van der Waals surface area (Å²) in [4.78, 5) is 18.3. The van der Waals surface area contributed by atoms with Crippen LogP contribution in [0.4, 0.5) is 9.80 Å². The number of anilines is 1. The molecule has 1 aromatic heterocycles. The molecule has 0 spiro atoms. The lowest BCUT2D eigenvalue weighted by Gasteiger charge is -2.40. The van der Waals surface area contributed by atoms with Crippen molar-refractivity contribution in [3.8, 4) is 0 Å². The number of amides is 2. The first kappa shape index (κ1) is 16.0. The number of rotatable bonds is 6. The van der Waals surface area contributed by atoms with Gasteiger partial charge < -0.3 is 4.90 Å². The molecule has 0 atom stereocenters. The monoisotopic (exact) mass is 308 g/mol. The number of nitrogens with zero attached hydrogens (tertiary/aromatic N) is 4. The number of unbranched alkanes of at least 4 members (excludes halogenated alkanes) is 1. The first-order valence-electron chi connectivity index (χ1n) is 7.39. The zero-order chi connectivity index (χ0) is 15.4. The fourth-order valence-corrected chi connectivity index (χ4v) is 3.52. The SMILES string of the molecule is C=CCCCN1CN(C)C(=O)N(c2snc(CC)c2C)C1. The average Bonchev–Trinajstić information content (AvgIpc) is 2.83. The van der Waals surface area contributed by atoms with Gasteiger partial charge in [-0.25, -0.2) is 4.79 Å². The molecule has 1 aliphatic heterocycles. The first-order chi connectivity index (χ1) is 10.1. The van der Waals surface area contributed by atoms with Crippen molar-refractivity contribution in [3.63, 3.8) is 0 Å². The zero-order valence-electron chi connectivity index (χ0n) is 13.1. The van der Waals surface area contributed by atoms with Crippen molar-refractivity contribution >= 4 is 22.6 Å². The third-order valence-corrected chi connectivity index (χ3v) is 4.78. The predicted octanol–water partition coefficient (Wildman–Crippen LogP) is 3.07. The minimum atomic E-state index is 0.0596. The van der Waals surface area contributed by atoms with Crippen LogP contribution in [0, 0.1) is 6.92 Å². The van der Waals surface area contributed by atoms with Gasteiger partial charge in [0, 0.05) is 19.2 Å². The number of allylic oxidation sites excluding steroid dienone is 1. The number of aryl methyl sites for hydroxylation is 1. The van der Waals surface area contributed by atoms with E-state index in [-0.39, 0.29) is 6.03 Å². The molecule has 2 amide bonds. The maximum atomic E-state index is 12.4. The molecule has 5 nitrogen and oxygen atoms in total. The predicted molar refractivity (Wildman–Crippen MR) is 87.7 cm³/mol.